The molecule has 0 unspecified atom stereocenters. The first-order chi connectivity index (χ1) is 4.96. The van der Waals surface area contributed by atoms with Gasteiger partial charge < -0.3 is 0 Å². The van der Waals surface area contributed by atoms with Gasteiger partial charge in [-0.1, -0.05) is 39.8 Å². The van der Waals surface area contributed by atoms with Crippen LogP contribution < -0.4 is 0 Å². The monoisotopic (exact) mass is 152 g/mol. The molecule has 0 aromatic heterocycles. The molecular weight excluding hydrogens is 132 g/mol. The van der Waals surface area contributed by atoms with E-state index in [0.29, 0.717) is 11.3 Å². The fourth-order valence-electron chi connectivity index (χ4n) is 1.94. The highest BCUT2D eigenvalue weighted by Crippen LogP contribution is 2.46. The lowest BCUT2D eigenvalue weighted by molar-refractivity contribution is 0.124. The van der Waals surface area contributed by atoms with E-state index in [9.17, 15) is 0 Å². The molecular formula is C11H20. The quantitative estimate of drug-likeness (QED) is 0.465. The molecule has 11 heavy (non-hydrogen) atoms. The second-order valence-electron chi connectivity index (χ2n) is 4.64. The predicted molar refractivity (Wildman–Crippen MR) is 50.5 cm³/mol. The van der Waals surface area contributed by atoms with E-state index in [1.807, 2.05) is 0 Å². The van der Waals surface area contributed by atoms with Gasteiger partial charge in [-0.05, 0) is 30.1 Å². The summed E-state index contributed by atoms with van der Waals surface area (Å²) < 4.78 is 0. The molecule has 0 bridgehead atoms. The smallest absolute Gasteiger partial charge is 0.0180 e. The van der Waals surface area contributed by atoms with Gasteiger partial charge in [0, 0.05) is 0 Å². The van der Waals surface area contributed by atoms with E-state index in [4.69, 9.17) is 0 Å². The van der Waals surface area contributed by atoms with E-state index in [-0.39, 0.29) is 0 Å². The predicted octanol–water partition coefficient (Wildman–Crippen LogP) is 3.63. The molecule has 0 nitrogen and oxygen atoms in total. The van der Waals surface area contributed by atoms with Crippen molar-refractivity contribution < 1.29 is 0 Å². The minimum Gasteiger partial charge on any atom is -0.0996 e. The van der Waals surface area contributed by atoms with Gasteiger partial charge in [0.25, 0.3) is 0 Å². The van der Waals surface area contributed by atoms with Crippen molar-refractivity contribution in [2.45, 2.75) is 40.5 Å². The van der Waals surface area contributed by atoms with Gasteiger partial charge in [0.15, 0.2) is 0 Å². The van der Waals surface area contributed by atoms with Crippen molar-refractivity contribution in [3.05, 3.63) is 12.2 Å². The first-order valence-electron chi connectivity index (χ1n) is 4.64. The lowest BCUT2D eigenvalue weighted by Crippen LogP contribution is -2.34. The van der Waals surface area contributed by atoms with E-state index < -0.39 is 0 Å². The highest BCUT2D eigenvalue weighted by atomic mass is 14.4. The van der Waals surface area contributed by atoms with E-state index >= 15 is 0 Å². The molecule has 1 rings (SSSR count). The molecule has 1 aliphatic carbocycles. The summed E-state index contributed by atoms with van der Waals surface area (Å²) in [5.74, 6) is 1.55. The van der Waals surface area contributed by atoms with Crippen LogP contribution >= 0.6 is 0 Å². The van der Waals surface area contributed by atoms with E-state index in [0.717, 1.165) is 5.92 Å². The van der Waals surface area contributed by atoms with Gasteiger partial charge in [0.1, 0.15) is 0 Å². The van der Waals surface area contributed by atoms with Crippen molar-refractivity contribution in [3.63, 3.8) is 0 Å². The average molecular weight is 152 g/mol. The maximum absolute atomic E-state index is 4.13. The van der Waals surface area contributed by atoms with Gasteiger partial charge in [0.2, 0.25) is 0 Å². The van der Waals surface area contributed by atoms with Gasteiger partial charge in [-0.25, -0.2) is 0 Å². The molecule has 0 aromatic rings. The summed E-state index contributed by atoms with van der Waals surface area (Å²) in [6, 6.07) is 0. The second-order valence-corrected chi connectivity index (χ2v) is 4.64. The standard InChI is InChI=1S/C11H20/c1-8-6-7-9(2)11(4,5)10(8)3/h9-10H,1,6-7H2,2-5H3/t9-,10+/m1/s1. The van der Waals surface area contributed by atoms with E-state index in [1.54, 1.807) is 0 Å². The van der Waals surface area contributed by atoms with Crippen LogP contribution in [0, 0.1) is 17.3 Å². The van der Waals surface area contributed by atoms with E-state index in [1.165, 1.54) is 18.4 Å². The summed E-state index contributed by atoms with van der Waals surface area (Å²) in [5.41, 5.74) is 1.92. The van der Waals surface area contributed by atoms with E-state index in [2.05, 4.69) is 34.3 Å². The molecule has 64 valence electrons. The highest BCUT2D eigenvalue weighted by Gasteiger charge is 2.36. The van der Waals surface area contributed by atoms with Gasteiger partial charge in [-0.2, -0.15) is 0 Å². The second kappa shape index (κ2) is 2.66. The van der Waals surface area contributed by atoms with Crippen LogP contribution in [0.2, 0.25) is 0 Å². The Hall–Kier alpha value is -0.260. The minimum atomic E-state index is 0.468. The van der Waals surface area contributed by atoms with Crippen molar-refractivity contribution in [2.75, 3.05) is 0 Å². The maximum atomic E-state index is 4.13. The summed E-state index contributed by atoms with van der Waals surface area (Å²) >= 11 is 0. The normalized spacial score (nSPS) is 37.3. The SMILES string of the molecule is C=C1CC[C@@H](C)C(C)(C)[C@H]1C. The molecule has 0 heteroatoms. The third kappa shape index (κ3) is 1.36. The zero-order valence-corrected chi connectivity index (χ0v) is 8.28. The Bertz CT molecular complexity index is 165. The Kier molecular flexibility index (Phi) is 2.13. The van der Waals surface area contributed by atoms with Gasteiger partial charge >= 0.3 is 0 Å². The fourth-order valence-corrected chi connectivity index (χ4v) is 1.94. The molecule has 0 aromatic carbocycles. The molecule has 0 saturated heterocycles. The summed E-state index contributed by atoms with van der Waals surface area (Å²) in [6.07, 6.45) is 2.57. The lowest BCUT2D eigenvalue weighted by atomic mass is 9.62. The van der Waals surface area contributed by atoms with Gasteiger partial charge in [-0.3, -0.25) is 0 Å². The van der Waals surface area contributed by atoms with Crippen LogP contribution in [-0.2, 0) is 0 Å². The Labute approximate surface area is 70.7 Å². The van der Waals surface area contributed by atoms with Crippen LogP contribution in [0.1, 0.15) is 40.5 Å². The average Bonchev–Trinajstić information content (AvgIpc) is 1.95. The van der Waals surface area contributed by atoms with Crippen molar-refractivity contribution in [1.82, 2.24) is 0 Å². The fraction of sp³-hybridized carbons (Fsp3) is 0.818. The molecule has 0 N–H and O–H groups in total. The molecule has 0 heterocycles. The zero-order valence-electron chi connectivity index (χ0n) is 8.28. The molecule has 0 aliphatic heterocycles. The molecule has 2 atom stereocenters. The molecule has 0 amide bonds. The van der Waals surface area contributed by atoms with Gasteiger partial charge in [0.05, 0.1) is 0 Å². The number of allylic oxidation sites excluding steroid dienone is 1. The largest absolute Gasteiger partial charge is 0.0996 e. The number of hydrogen-bond donors (Lipinski definition) is 0. The Balaban J connectivity index is 2.80. The maximum Gasteiger partial charge on any atom is -0.0180 e. The van der Waals surface area contributed by atoms with Crippen LogP contribution in [0.5, 0.6) is 0 Å². The first kappa shape index (κ1) is 8.83. The molecule has 1 saturated carbocycles. The Morgan fingerprint density at radius 3 is 2.36 bits per heavy atom. The third-order valence-electron chi connectivity index (χ3n) is 3.90. The topological polar surface area (TPSA) is 0 Å². The van der Waals surface area contributed by atoms with Crippen LogP contribution in [0.4, 0.5) is 0 Å². The lowest BCUT2D eigenvalue weighted by Gasteiger charge is -2.43. The van der Waals surface area contributed by atoms with Gasteiger partial charge in [-0.15, -0.1) is 0 Å². The number of rotatable bonds is 0. The summed E-state index contributed by atoms with van der Waals surface area (Å²) in [6.45, 7) is 13.5. The molecule has 0 radical (unpaired) electrons. The first-order valence-corrected chi connectivity index (χ1v) is 4.64. The minimum absolute atomic E-state index is 0.468. The van der Waals surface area contributed by atoms with Crippen LogP contribution in [0.25, 0.3) is 0 Å². The summed E-state index contributed by atoms with van der Waals surface area (Å²) in [4.78, 5) is 0. The highest BCUT2D eigenvalue weighted by molar-refractivity contribution is 5.09. The van der Waals surface area contributed by atoms with Crippen LogP contribution in [0.15, 0.2) is 12.2 Å². The van der Waals surface area contributed by atoms with Crippen LogP contribution in [-0.4, -0.2) is 0 Å². The van der Waals surface area contributed by atoms with Crippen molar-refractivity contribution in [1.29, 1.82) is 0 Å². The molecule has 1 aliphatic rings. The Morgan fingerprint density at radius 2 is 1.91 bits per heavy atom. The molecule has 0 spiro atoms. The molecule has 1 fully saturated rings. The van der Waals surface area contributed by atoms with Crippen LogP contribution in [0.3, 0.4) is 0 Å². The Morgan fingerprint density at radius 1 is 1.36 bits per heavy atom. The van der Waals surface area contributed by atoms with Crippen molar-refractivity contribution >= 4 is 0 Å². The zero-order chi connectivity index (χ0) is 8.65. The summed E-state index contributed by atoms with van der Waals surface area (Å²) in [7, 11) is 0. The number of hydrogen-bond acceptors (Lipinski definition) is 0. The third-order valence-corrected chi connectivity index (χ3v) is 3.90. The summed E-state index contributed by atoms with van der Waals surface area (Å²) in [5, 5.41) is 0. The van der Waals surface area contributed by atoms with Crippen molar-refractivity contribution in [2.24, 2.45) is 17.3 Å². The van der Waals surface area contributed by atoms with Crippen molar-refractivity contribution in [3.8, 4) is 0 Å².